The van der Waals surface area contributed by atoms with Crippen molar-refractivity contribution < 1.29 is 19.0 Å². The molecule has 0 amide bonds. The number of fused-ring (bicyclic) bond motifs is 1. The normalized spacial score (nSPS) is 15.5. The zero-order chi connectivity index (χ0) is 26.7. The Hall–Kier alpha value is -2.72. The van der Waals surface area contributed by atoms with Gasteiger partial charge in [-0.05, 0) is 78.2 Å². The second kappa shape index (κ2) is 11.8. The van der Waals surface area contributed by atoms with Crippen LogP contribution in [0.1, 0.15) is 37.9 Å². The van der Waals surface area contributed by atoms with Crippen molar-refractivity contribution in [3.63, 3.8) is 0 Å². The highest BCUT2D eigenvalue weighted by atomic mass is 79.9. The largest absolute Gasteiger partial charge is 0.490 e. The van der Waals surface area contributed by atoms with Gasteiger partial charge in [0.1, 0.15) is 12.4 Å². The summed E-state index contributed by atoms with van der Waals surface area (Å²) in [6.07, 6.45) is 1.85. The first kappa shape index (κ1) is 27.3. The minimum absolute atomic E-state index is 0.0392. The molecule has 0 aliphatic carbocycles. The van der Waals surface area contributed by atoms with Crippen LogP contribution in [0.25, 0.3) is 6.08 Å². The fourth-order valence-corrected chi connectivity index (χ4v) is 5.61. The van der Waals surface area contributed by atoms with E-state index in [0.29, 0.717) is 25.6 Å². The number of nitrogens with zero attached hydrogens (tertiary/aromatic N) is 2. The summed E-state index contributed by atoms with van der Waals surface area (Å²) in [5.74, 6) is 0.181. The number of esters is 1. The average molecular weight is 606 g/mol. The Balaban J connectivity index is 1.83. The van der Waals surface area contributed by atoms with Gasteiger partial charge in [0.2, 0.25) is 0 Å². The minimum Gasteiger partial charge on any atom is -0.490 e. The highest BCUT2D eigenvalue weighted by Crippen LogP contribution is 2.31. The summed E-state index contributed by atoms with van der Waals surface area (Å²) in [5, 5.41) is 0.552. The first-order valence-corrected chi connectivity index (χ1v) is 13.6. The molecule has 3 aromatic rings. The molecule has 2 heterocycles. The van der Waals surface area contributed by atoms with Crippen LogP contribution in [0.3, 0.4) is 0 Å². The second-order valence-corrected chi connectivity index (χ2v) is 10.9. The number of carbonyl (C=O) groups excluding carboxylic acids is 1. The van der Waals surface area contributed by atoms with Crippen molar-refractivity contribution in [3.8, 4) is 5.75 Å². The van der Waals surface area contributed by atoms with Crippen LogP contribution in [0.15, 0.2) is 68.0 Å². The molecule has 0 saturated carbocycles. The molecular formula is C27H26BrClN2O5S. The van der Waals surface area contributed by atoms with Crippen LogP contribution < -0.4 is 19.6 Å². The van der Waals surface area contributed by atoms with Gasteiger partial charge in [-0.1, -0.05) is 41.1 Å². The number of halogens is 2. The predicted octanol–water partition coefficient (Wildman–Crippen LogP) is 4.63. The molecule has 2 aromatic carbocycles. The maximum atomic E-state index is 13.7. The highest BCUT2D eigenvalue weighted by Gasteiger charge is 2.33. The number of ether oxygens (including phenoxy) is 3. The van der Waals surface area contributed by atoms with E-state index in [1.165, 1.54) is 18.4 Å². The molecule has 1 aliphatic heterocycles. The summed E-state index contributed by atoms with van der Waals surface area (Å²) >= 11 is 10.9. The van der Waals surface area contributed by atoms with Gasteiger partial charge in [0.05, 0.1) is 39.0 Å². The summed E-state index contributed by atoms with van der Waals surface area (Å²) < 4.78 is 19.0. The van der Waals surface area contributed by atoms with Crippen LogP contribution >= 0.6 is 38.9 Å². The zero-order valence-corrected chi connectivity index (χ0v) is 23.9. The van der Waals surface area contributed by atoms with Crippen LogP contribution in [0.5, 0.6) is 5.75 Å². The SMILES string of the molecule is COCCOC(=O)C1=C(C)N=c2sc(=Cc3ccc(OC(C)C)c(Br)c3)c(=O)n2C1c1ccc(Cl)cc1. The molecule has 0 spiro atoms. The Labute approximate surface area is 231 Å². The van der Waals surface area contributed by atoms with Crippen molar-refractivity contribution in [1.82, 2.24) is 4.57 Å². The van der Waals surface area contributed by atoms with Crippen LogP contribution in [0.2, 0.25) is 5.02 Å². The van der Waals surface area contributed by atoms with Crippen molar-refractivity contribution in [2.45, 2.75) is 32.9 Å². The van der Waals surface area contributed by atoms with E-state index in [0.717, 1.165) is 21.3 Å². The van der Waals surface area contributed by atoms with Gasteiger partial charge in [0.25, 0.3) is 5.56 Å². The van der Waals surface area contributed by atoms with Crippen LogP contribution in [0.4, 0.5) is 0 Å². The lowest BCUT2D eigenvalue weighted by atomic mass is 9.96. The number of benzene rings is 2. The third-order valence-electron chi connectivity index (χ3n) is 5.56. The molecule has 0 bridgehead atoms. The fraction of sp³-hybridized carbons (Fsp3) is 0.296. The maximum Gasteiger partial charge on any atom is 0.338 e. The predicted molar refractivity (Wildman–Crippen MR) is 148 cm³/mol. The van der Waals surface area contributed by atoms with Gasteiger partial charge in [0.15, 0.2) is 4.80 Å². The van der Waals surface area contributed by atoms with Gasteiger partial charge in [-0.3, -0.25) is 9.36 Å². The van der Waals surface area contributed by atoms with Gasteiger partial charge >= 0.3 is 5.97 Å². The minimum atomic E-state index is -0.709. The first-order valence-electron chi connectivity index (χ1n) is 11.6. The lowest BCUT2D eigenvalue weighted by Gasteiger charge is -2.24. The monoisotopic (exact) mass is 604 g/mol. The smallest absolute Gasteiger partial charge is 0.338 e. The molecule has 0 N–H and O–H groups in total. The molecule has 4 rings (SSSR count). The van der Waals surface area contributed by atoms with Crippen molar-refractivity contribution >= 4 is 50.9 Å². The molecule has 37 heavy (non-hydrogen) atoms. The Morgan fingerprint density at radius 3 is 2.59 bits per heavy atom. The van der Waals surface area contributed by atoms with E-state index in [4.69, 9.17) is 25.8 Å². The Kier molecular flexibility index (Phi) is 8.69. The van der Waals surface area contributed by atoms with Gasteiger partial charge < -0.3 is 14.2 Å². The zero-order valence-electron chi connectivity index (χ0n) is 20.8. The topological polar surface area (TPSA) is 79.1 Å². The molecule has 0 saturated heterocycles. The van der Waals surface area contributed by atoms with E-state index in [-0.39, 0.29) is 24.9 Å². The third kappa shape index (κ3) is 6.06. The molecule has 1 aromatic heterocycles. The lowest BCUT2D eigenvalue weighted by molar-refractivity contribution is -0.140. The fourth-order valence-electron chi connectivity index (χ4n) is 3.95. The molecule has 1 unspecified atom stereocenters. The van der Waals surface area contributed by atoms with Gasteiger partial charge in [-0.25, -0.2) is 9.79 Å². The van der Waals surface area contributed by atoms with Crippen LogP contribution in [-0.2, 0) is 14.3 Å². The lowest BCUT2D eigenvalue weighted by Crippen LogP contribution is -2.40. The number of hydrogen-bond donors (Lipinski definition) is 0. The maximum absolute atomic E-state index is 13.7. The molecule has 0 fully saturated rings. The molecular weight excluding hydrogens is 580 g/mol. The van der Waals surface area contributed by atoms with E-state index in [1.807, 2.05) is 38.1 Å². The number of carbonyl (C=O) groups is 1. The Morgan fingerprint density at radius 1 is 1.22 bits per heavy atom. The number of rotatable bonds is 8. The van der Waals surface area contributed by atoms with E-state index < -0.39 is 12.0 Å². The molecule has 0 radical (unpaired) electrons. The average Bonchev–Trinajstić information content (AvgIpc) is 3.14. The van der Waals surface area contributed by atoms with E-state index >= 15 is 0 Å². The van der Waals surface area contributed by atoms with Gasteiger partial charge in [-0.15, -0.1) is 0 Å². The van der Waals surface area contributed by atoms with E-state index in [9.17, 15) is 9.59 Å². The van der Waals surface area contributed by atoms with E-state index in [2.05, 4.69) is 20.9 Å². The van der Waals surface area contributed by atoms with Crippen LogP contribution in [0, 0.1) is 0 Å². The van der Waals surface area contributed by atoms with Crippen molar-refractivity contribution in [1.29, 1.82) is 0 Å². The standard InChI is InChI=1S/C27H26BrClN2O5S/c1-15(2)36-21-10-5-17(13-20(21)28)14-22-25(32)31-24(18-6-8-19(29)9-7-18)23(16(3)30-27(31)37-22)26(33)35-12-11-34-4/h5-10,13-15,24H,11-12H2,1-4H3. The van der Waals surface area contributed by atoms with Crippen molar-refractivity contribution in [3.05, 3.63) is 94.0 Å². The summed E-state index contributed by atoms with van der Waals surface area (Å²) in [6, 6.07) is 12.0. The summed E-state index contributed by atoms with van der Waals surface area (Å²) in [4.78, 5) is 32.0. The number of methoxy groups -OCH3 is 1. The third-order valence-corrected chi connectivity index (χ3v) is 7.42. The number of thiazole rings is 1. The highest BCUT2D eigenvalue weighted by molar-refractivity contribution is 9.10. The number of allylic oxidation sites excluding steroid dienone is 1. The van der Waals surface area contributed by atoms with Crippen LogP contribution in [-0.4, -0.2) is 37.0 Å². The second-order valence-electron chi connectivity index (χ2n) is 8.62. The van der Waals surface area contributed by atoms with Crippen molar-refractivity contribution in [2.24, 2.45) is 4.99 Å². The molecule has 1 atom stereocenters. The Morgan fingerprint density at radius 2 is 1.95 bits per heavy atom. The number of aromatic nitrogens is 1. The quantitative estimate of drug-likeness (QED) is 0.277. The number of hydrogen-bond acceptors (Lipinski definition) is 7. The molecule has 7 nitrogen and oxygen atoms in total. The van der Waals surface area contributed by atoms with E-state index in [1.54, 1.807) is 35.8 Å². The molecule has 10 heteroatoms. The summed E-state index contributed by atoms with van der Waals surface area (Å²) in [7, 11) is 1.53. The molecule has 194 valence electrons. The first-order chi connectivity index (χ1) is 17.7. The molecule has 1 aliphatic rings. The summed E-state index contributed by atoms with van der Waals surface area (Å²) in [5.41, 5.74) is 2.09. The summed E-state index contributed by atoms with van der Waals surface area (Å²) in [6.45, 7) is 6.02. The Bertz CT molecular complexity index is 1530. The van der Waals surface area contributed by atoms with Gasteiger partial charge in [0, 0.05) is 12.1 Å². The van der Waals surface area contributed by atoms with Crippen molar-refractivity contribution in [2.75, 3.05) is 20.3 Å². The van der Waals surface area contributed by atoms with Gasteiger partial charge in [-0.2, -0.15) is 0 Å².